The molecule has 1 saturated carbocycles. The van der Waals surface area contributed by atoms with E-state index in [4.69, 9.17) is 11.6 Å². The highest BCUT2D eigenvalue weighted by Gasteiger charge is 2.21. The van der Waals surface area contributed by atoms with Gasteiger partial charge in [0.25, 0.3) is 5.62 Å². The molecule has 10 nitrogen and oxygen atoms in total. The van der Waals surface area contributed by atoms with Gasteiger partial charge < -0.3 is 15.4 Å². The molecule has 0 amide bonds. The molecule has 5 rings (SSSR count). The van der Waals surface area contributed by atoms with Crippen molar-refractivity contribution >= 4 is 29.3 Å². The van der Waals surface area contributed by atoms with Gasteiger partial charge in [0.15, 0.2) is 5.65 Å². The molecule has 1 unspecified atom stereocenters. The Labute approximate surface area is 180 Å². The zero-order chi connectivity index (χ0) is 21.5. The number of hydrogen-bond donors (Lipinski definition) is 4. The van der Waals surface area contributed by atoms with Gasteiger partial charge in [0.05, 0.1) is 18.3 Å². The Hall–Kier alpha value is -3.66. The van der Waals surface area contributed by atoms with Crippen LogP contribution in [-0.2, 0) is 0 Å². The highest BCUT2D eigenvalue weighted by atomic mass is 35.5. The van der Waals surface area contributed by atoms with E-state index < -0.39 is 5.69 Å². The molecule has 0 bridgehead atoms. The number of nitrogens with one attached hydrogen (secondary N) is 3. The number of aromatic hydroxyl groups is 1. The summed E-state index contributed by atoms with van der Waals surface area (Å²) in [5.41, 5.74) is 1.72. The molecule has 0 saturated heterocycles. The molecule has 1 aromatic carbocycles. The number of benzene rings is 1. The summed E-state index contributed by atoms with van der Waals surface area (Å²) in [5.74, 6) is 0.146. The van der Waals surface area contributed by atoms with Crippen molar-refractivity contribution in [3.63, 3.8) is 0 Å². The van der Waals surface area contributed by atoms with E-state index in [0.717, 1.165) is 18.4 Å². The van der Waals surface area contributed by atoms with Gasteiger partial charge in [0.2, 0.25) is 11.8 Å². The van der Waals surface area contributed by atoms with Crippen molar-refractivity contribution in [2.75, 3.05) is 5.32 Å². The van der Waals surface area contributed by atoms with Crippen molar-refractivity contribution in [2.45, 2.75) is 31.8 Å². The number of nitrogens with zero attached hydrogens (tertiary/aromatic N) is 5. The Kier molecular flexibility index (Phi) is 4.70. The SMILES string of the molecule is CC(Nc1nc(=NC2CC2)n2nc/c(=C/c3[nH]c(=O)[nH]c3O)c2n1)c1ccc(Cl)cc1. The average Bonchev–Trinajstić information content (AvgIpc) is 3.37. The van der Waals surface area contributed by atoms with Crippen molar-refractivity contribution in [3.05, 3.63) is 68.1 Å². The standard InChI is InChI=1S/C20H19ClN8O2/c1-10(11-2-4-13(21)5-3-11)23-18-26-16-12(8-15-17(30)27-20(31)25-15)9-22-29(16)19(28-18)24-14-6-7-14/h2-5,8-10,14,30H,6-7H2,1H3,(H,23,24,28)(H2,25,27,31)/b12-8-. The molecule has 3 heterocycles. The highest BCUT2D eigenvalue weighted by Crippen LogP contribution is 2.22. The molecule has 1 aliphatic carbocycles. The van der Waals surface area contributed by atoms with E-state index in [0.29, 0.717) is 27.5 Å². The second kappa shape index (κ2) is 7.55. The molecule has 1 atom stereocenters. The molecule has 31 heavy (non-hydrogen) atoms. The first-order valence-electron chi connectivity index (χ1n) is 9.81. The van der Waals surface area contributed by atoms with Crippen LogP contribution in [0.5, 0.6) is 5.88 Å². The minimum atomic E-state index is -0.501. The summed E-state index contributed by atoms with van der Waals surface area (Å²) in [4.78, 5) is 30.1. The second-order valence-electron chi connectivity index (χ2n) is 7.45. The van der Waals surface area contributed by atoms with Crippen molar-refractivity contribution < 1.29 is 5.11 Å². The number of rotatable bonds is 5. The summed E-state index contributed by atoms with van der Waals surface area (Å²) in [6.45, 7) is 2.00. The van der Waals surface area contributed by atoms with Gasteiger partial charge in [-0.25, -0.2) is 9.79 Å². The largest absolute Gasteiger partial charge is 0.493 e. The Morgan fingerprint density at radius 2 is 2.06 bits per heavy atom. The van der Waals surface area contributed by atoms with Crippen LogP contribution in [0.4, 0.5) is 5.95 Å². The van der Waals surface area contributed by atoms with E-state index in [9.17, 15) is 9.90 Å². The smallest absolute Gasteiger partial charge is 0.326 e. The molecule has 158 valence electrons. The molecular formula is C20H19ClN8O2. The monoisotopic (exact) mass is 438 g/mol. The van der Waals surface area contributed by atoms with Gasteiger partial charge in [-0.15, -0.1) is 0 Å². The number of hydrogen-bond acceptors (Lipinski definition) is 7. The Morgan fingerprint density at radius 1 is 1.29 bits per heavy atom. The lowest BCUT2D eigenvalue weighted by atomic mass is 10.1. The third-order valence-electron chi connectivity index (χ3n) is 4.97. The summed E-state index contributed by atoms with van der Waals surface area (Å²) < 4.78 is 1.56. The van der Waals surface area contributed by atoms with Crippen LogP contribution in [0.2, 0.25) is 5.02 Å². The summed E-state index contributed by atoms with van der Waals surface area (Å²) in [6, 6.07) is 7.71. The number of imidazole rings is 1. The van der Waals surface area contributed by atoms with Crippen LogP contribution in [-0.4, -0.2) is 40.7 Å². The van der Waals surface area contributed by atoms with Crippen LogP contribution >= 0.6 is 11.6 Å². The second-order valence-corrected chi connectivity index (χ2v) is 7.88. The predicted octanol–water partition coefficient (Wildman–Crippen LogP) is 1.28. The quantitative estimate of drug-likeness (QED) is 0.370. The van der Waals surface area contributed by atoms with Crippen LogP contribution in [0.1, 0.15) is 37.1 Å². The third-order valence-corrected chi connectivity index (χ3v) is 5.23. The maximum atomic E-state index is 11.4. The predicted molar refractivity (Wildman–Crippen MR) is 115 cm³/mol. The molecule has 4 N–H and O–H groups in total. The first-order chi connectivity index (χ1) is 15.0. The summed E-state index contributed by atoms with van der Waals surface area (Å²) in [7, 11) is 0. The molecule has 1 fully saturated rings. The molecule has 11 heteroatoms. The van der Waals surface area contributed by atoms with E-state index in [2.05, 4.69) is 35.3 Å². The molecular weight excluding hydrogens is 420 g/mol. The lowest BCUT2D eigenvalue weighted by Crippen LogP contribution is -2.25. The Balaban J connectivity index is 1.61. The van der Waals surface area contributed by atoms with Gasteiger partial charge in [0.1, 0.15) is 5.69 Å². The van der Waals surface area contributed by atoms with E-state index in [-0.39, 0.29) is 23.7 Å². The molecule has 0 aliphatic heterocycles. The van der Waals surface area contributed by atoms with Gasteiger partial charge in [-0.2, -0.15) is 19.6 Å². The van der Waals surface area contributed by atoms with Crippen molar-refractivity contribution in [1.82, 2.24) is 29.5 Å². The summed E-state index contributed by atoms with van der Waals surface area (Å²) in [5, 5.41) is 18.8. The van der Waals surface area contributed by atoms with Crippen LogP contribution in [0, 0.1) is 0 Å². The number of aromatic amines is 2. The van der Waals surface area contributed by atoms with Gasteiger partial charge in [-0.1, -0.05) is 23.7 Å². The molecule has 0 radical (unpaired) electrons. The maximum Gasteiger partial charge on any atom is 0.326 e. The van der Waals surface area contributed by atoms with E-state index >= 15 is 0 Å². The normalized spacial score (nSPS) is 16.2. The summed E-state index contributed by atoms with van der Waals surface area (Å²) >= 11 is 5.99. The lowest BCUT2D eigenvalue weighted by molar-refractivity contribution is 0.454. The molecule has 0 spiro atoms. The molecule has 3 aromatic heterocycles. The lowest BCUT2D eigenvalue weighted by Gasteiger charge is -2.14. The Morgan fingerprint density at radius 3 is 2.74 bits per heavy atom. The van der Waals surface area contributed by atoms with Gasteiger partial charge in [-0.3, -0.25) is 4.98 Å². The number of fused-ring (bicyclic) bond motifs is 1. The molecule has 4 aromatic rings. The Bertz CT molecular complexity index is 1430. The zero-order valence-corrected chi connectivity index (χ0v) is 17.3. The van der Waals surface area contributed by atoms with E-state index in [1.165, 1.54) is 0 Å². The number of anilines is 1. The summed E-state index contributed by atoms with van der Waals surface area (Å²) in [6.07, 6.45) is 5.23. The fraction of sp³-hybridized carbons (Fsp3) is 0.250. The number of halogens is 1. The number of aromatic nitrogens is 6. The van der Waals surface area contributed by atoms with Crippen LogP contribution in [0.3, 0.4) is 0 Å². The van der Waals surface area contributed by atoms with Gasteiger partial charge in [0, 0.05) is 10.2 Å². The minimum absolute atomic E-state index is 0.0751. The minimum Gasteiger partial charge on any atom is -0.493 e. The maximum absolute atomic E-state index is 11.4. The zero-order valence-electron chi connectivity index (χ0n) is 16.5. The number of H-pyrrole nitrogens is 2. The van der Waals surface area contributed by atoms with E-state index in [1.807, 2.05) is 31.2 Å². The van der Waals surface area contributed by atoms with Gasteiger partial charge in [-0.05, 0) is 43.5 Å². The first-order valence-corrected chi connectivity index (χ1v) is 10.2. The first kappa shape index (κ1) is 19.3. The fourth-order valence-corrected chi connectivity index (χ4v) is 3.30. The van der Waals surface area contributed by atoms with Gasteiger partial charge >= 0.3 is 5.69 Å². The van der Waals surface area contributed by atoms with Crippen molar-refractivity contribution in [3.8, 4) is 5.88 Å². The molecule has 1 aliphatic rings. The van der Waals surface area contributed by atoms with Crippen LogP contribution in [0.15, 0.2) is 40.2 Å². The average molecular weight is 439 g/mol. The van der Waals surface area contributed by atoms with Crippen molar-refractivity contribution in [2.24, 2.45) is 4.99 Å². The van der Waals surface area contributed by atoms with Crippen LogP contribution in [0.25, 0.3) is 11.7 Å². The highest BCUT2D eigenvalue weighted by molar-refractivity contribution is 6.30. The van der Waals surface area contributed by atoms with Crippen molar-refractivity contribution in [1.29, 1.82) is 0 Å². The third kappa shape index (κ3) is 4.02. The van der Waals surface area contributed by atoms with Crippen LogP contribution < -0.4 is 21.8 Å². The van der Waals surface area contributed by atoms with E-state index in [1.54, 1.807) is 16.8 Å². The fourth-order valence-electron chi connectivity index (χ4n) is 3.17. The topological polar surface area (TPSA) is 136 Å².